The molecule has 1 aliphatic rings. The van der Waals surface area contributed by atoms with Crippen LogP contribution in [0.1, 0.15) is 39.5 Å². The van der Waals surface area contributed by atoms with E-state index in [-0.39, 0.29) is 9.76 Å². The van der Waals surface area contributed by atoms with Crippen LogP contribution in [0.3, 0.4) is 0 Å². The van der Waals surface area contributed by atoms with Gasteiger partial charge in [-0.05, 0) is 26.7 Å². The Labute approximate surface area is 71.8 Å². The minimum atomic E-state index is -0.328. The highest BCUT2D eigenvalue weighted by atomic mass is 28.2. The zero-order valence-corrected chi connectivity index (χ0v) is 9.01. The largest absolute Gasteiger partial charge is 0.416 e. The fourth-order valence-electron chi connectivity index (χ4n) is 1.41. The molecule has 0 unspecified atom stereocenters. The molecule has 1 fully saturated rings. The second kappa shape index (κ2) is 4.73. The van der Waals surface area contributed by atoms with Crippen molar-refractivity contribution in [2.75, 3.05) is 0 Å². The molecule has 1 nitrogen and oxygen atoms in total. The van der Waals surface area contributed by atoms with Gasteiger partial charge in [-0.3, -0.25) is 0 Å². The topological polar surface area (TPSA) is 9.23 Å². The van der Waals surface area contributed by atoms with Gasteiger partial charge in [-0.25, -0.2) is 0 Å². The minimum absolute atomic E-state index is 0.328. The standard InChI is InChI=1S/C9H18OSi/c1-8(2)7-11-10-9-5-3-4-6-9/h7,9H,3-6,11H2,1-2H3. The molecule has 0 N–H and O–H groups in total. The van der Waals surface area contributed by atoms with Crippen LogP contribution in [0.15, 0.2) is 11.3 Å². The summed E-state index contributed by atoms with van der Waals surface area (Å²) < 4.78 is 5.78. The summed E-state index contributed by atoms with van der Waals surface area (Å²) in [5.74, 6) is 0. The first-order valence-corrected chi connectivity index (χ1v) is 5.93. The SMILES string of the molecule is CC(C)=C[SiH2]OC1CCCC1. The molecule has 1 saturated carbocycles. The fraction of sp³-hybridized carbons (Fsp3) is 0.778. The van der Waals surface area contributed by atoms with Crippen LogP contribution < -0.4 is 0 Å². The molecule has 0 aromatic heterocycles. The highest BCUT2D eigenvalue weighted by Gasteiger charge is 2.13. The Balaban J connectivity index is 2.07. The molecule has 0 bridgehead atoms. The molecule has 0 saturated heterocycles. The van der Waals surface area contributed by atoms with Gasteiger partial charge in [0.15, 0.2) is 9.76 Å². The Morgan fingerprint density at radius 3 is 2.55 bits per heavy atom. The fourth-order valence-corrected chi connectivity index (χ4v) is 2.44. The Hall–Kier alpha value is -0.0831. The van der Waals surface area contributed by atoms with Crippen molar-refractivity contribution in [3.05, 3.63) is 11.3 Å². The lowest BCUT2D eigenvalue weighted by Crippen LogP contribution is -2.09. The van der Waals surface area contributed by atoms with Gasteiger partial charge in [0.05, 0.1) is 0 Å². The van der Waals surface area contributed by atoms with Crippen molar-refractivity contribution in [1.82, 2.24) is 0 Å². The van der Waals surface area contributed by atoms with Gasteiger partial charge in [0, 0.05) is 6.10 Å². The first-order valence-electron chi connectivity index (χ1n) is 4.54. The summed E-state index contributed by atoms with van der Waals surface area (Å²) in [6.45, 7) is 4.29. The maximum Gasteiger partial charge on any atom is 0.185 e. The third kappa shape index (κ3) is 3.73. The van der Waals surface area contributed by atoms with Crippen molar-refractivity contribution < 1.29 is 4.43 Å². The minimum Gasteiger partial charge on any atom is -0.416 e. The molecule has 2 heteroatoms. The Morgan fingerprint density at radius 2 is 2.00 bits per heavy atom. The van der Waals surface area contributed by atoms with E-state index < -0.39 is 0 Å². The maximum atomic E-state index is 5.78. The summed E-state index contributed by atoms with van der Waals surface area (Å²) in [7, 11) is -0.328. The van der Waals surface area contributed by atoms with E-state index in [1.165, 1.54) is 31.3 Å². The third-order valence-electron chi connectivity index (χ3n) is 2.13. The normalized spacial score (nSPS) is 19.8. The molecule has 0 radical (unpaired) electrons. The number of hydrogen-bond acceptors (Lipinski definition) is 1. The molecule has 1 rings (SSSR count). The third-order valence-corrected chi connectivity index (χ3v) is 3.77. The lowest BCUT2D eigenvalue weighted by Gasteiger charge is -2.08. The lowest BCUT2D eigenvalue weighted by atomic mass is 10.3. The van der Waals surface area contributed by atoms with Crippen LogP contribution in [0.2, 0.25) is 0 Å². The average Bonchev–Trinajstić information content (AvgIpc) is 2.39. The predicted molar refractivity (Wildman–Crippen MR) is 51.3 cm³/mol. The summed E-state index contributed by atoms with van der Waals surface area (Å²) in [6, 6.07) is 0. The van der Waals surface area contributed by atoms with E-state index >= 15 is 0 Å². The van der Waals surface area contributed by atoms with Crippen LogP contribution in [0, 0.1) is 0 Å². The first kappa shape index (κ1) is 9.01. The van der Waals surface area contributed by atoms with Crippen LogP contribution in [-0.2, 0) is 4.43 Å². The van der Waals surface area contributed by atoms with Crippen molar-refractivity contribution >= 4 is 9.76 Å². The predicted octanol–water partition coefficient (Wildman–Crippen LogP) is 1.95. The molecule has 0 aliphatic heterocycles. The van der Waals surface area contributed by atoms with Crippen LogP contribution in [0.25, 0.3) is 0 Å². The first-order chi connectivity index (χ1) is 5.29. The molecule has 0 amide bonds. The number of rotatable bonds is 3. The van der Waals surface area contributed by atoms with Crippen LogP contribution in [-0.4, -0.2) is 15.9 Å². The van der Waals surface area contributed by atoms with E-state index in [9.17, 15) is 0 Å². The van der Waals surface area contributed by atoms with Gasteiger partial charge in [0.1, 0.15) is 0 Å². The second-order valence-electron chi connectivity index (χ2n) is 3.52. The van der Waals surface area contributed by atoms with Gasteiger partial charge < -0.3 is 4.43 Å². The summed E-state index contributed by atoms with van der Waals surface area (Å²) >= 11 is 0. The smallest absolute Gasteiger partial charge is 0.185 e. The Bertz CT molecular complexity index is 132. The van der Waals surface area contributed by atoms with Crippen molar-refractivity contribution in [3.8, 4) is 0 Å². The number of allylic oxidation sites excluding steroid dienone is 1. The Kier molecular flexibility index (Phi) is 3.87. The maximum absolute atomic E-state index is 5.78. The summed E-state index contributed by atoms with van der Waals surface area (Å²) in [4.78, 5) is 0. The van der Waals surface area contributed by atoms with E-state index in [0.717, 1.165) is 0 Å². The molecular formula is C9H18OSi. The molecule has 64 valence electrons. The highest BCUT2D eigenvalue weighted by Crippen LogP contribution is 2.20. The zero-order valence-electron chi connectivity index (χ0n) is 7.60. The zero-order chi connectivity index (χ0) is 8.10. The summed E-state index contributed by atoms with van der Waals surface area (Å²) in [5, 5.41) is 0. The van der Waals surface area contributed by atoms with E-state index in [1.807, 2.05) is 0 Å². The molecular weight excluding hydrogens is 152 g/mol. The van der Waals surface area contributed by atoms with Crippen molar-refractivity contribution in [3.63, 3.8) is 0 Å². The highest BCUT2D eigenvalue weighted by molar-refractivity contribution is 6.34. The van der Waals surface area contributed by atoms with E-state index in [1.54, 1.807) is 0 Å². The van der Waals surface area contributed by atoms with Gasteiger partial charge in [-0.1, -0.05) is 24.1 Å². The van der Waals surface area contributed by atoms with Crippen LogP contribution in [0.4, 0.5) is 0 Å². The van der Waals surface area contributed by atoms with Gasteiger partial charge >= 0.3 is 0 Å². The van der Waals surface area contributed by atoms with Crippen molar-refractivity contribution in [1.29, 1.82) is 0 Å². The lowest BCUT2D eigenvalue weighted by molar-refractivity contribution is 0.225. The van der Waals surface area contributed by atoms with Gasteiger partial charge in [0.2, 0.25) is 0 Å². The van der Waals surface area contributed by atoms with E-state index in [0.29, 0.717) is 6.10 Å². The van der Waals surface area contributed by atoms with Crippen LogP contribution in [0.5, 0.6) is 0 Å². The molecule has 11 heavy (non-hydrogen) atoms. The monoisotopic (exact) mass is 170 g/mol. The number of hydrogen-bond donors (Lipinski definition) is 0. The molecule has 0 atom stereocenters. The Morgan fingerprint density at radius 1 is 1.36 bits per heavy atom. The second-order valence-corrected chi connectivity index (χ2v) is 4.60. The summed E-state index contributed by atoms with van der Waals surface area (Å²) in [6.07, 6.45) is 6.01. The molecule has 0 aromatic carbocycles. The van der Waals surface area contributed by atoms with Gasteiger partial charge in [-0.2, -0.15) is 0 Å². The molecule has 0 heterocycles. The quantitative estimate of drug-likeness (QED) is 0.588. The van der Waals surface area contributed by atoms with Crippen molar-refractivity contribution in [2.24, 2.45) is 0 Å². The summed E-state index contributed by atoms with van der Waals surface area (Å²) in [5.41, 5.74) is 3.70. The van der Waals surface area contributed by atoms with Crippen LogP contribution >= 0.6 is 0 Å². The van der Waals surface area contributed by atoms with Crippen molar-refractivity contribution in [2.45, 2.75) is 45.6 Å². The average molecular weight is 170 g/mol. The molecule has 0 aromatic rings. The molecule has 1 aliphatic carbocycles. The molecule has 0 spiro atoms. The van der Waals surface area contributed by atoms with Gasteiger partial charge in [0.25, 0.3) is 0 Å². The van der Waals surface area contributed by atoms with Gasteiger partial charge in [-0.15, -0.1) is 0 Å². The van der Waals surface area contributed by atoms with E-state index in [4.69, 9.17) is 4.43 Å². The van der Waals surface area contributed by atoms with E-state index in [2.05, 4.69) is 19.5 Å².